The summed E-state index contributed by atoms with van der Waals surface area (Å²) in [7, 11) is 1.87. The number of phenolic OH excluding ortho intramolecular Hbond substituents is 1. The monoisotopic (exact) mass is 319 g/mol. The Labute approximate surface area is 131 Å². The summed E-state index contributed by atoms with van der Waals surface area (Å²) < 4.78 is 0. The van der Waals surface area contributed by atoms with E-state index in [2.05, 4.69) is 9.97 Å². The molecule has 0 saturated carbocycles. The summed E-state index contributed by atoms with van der Waals surface area (Å²) in [5.74, 6) is 0.893. The quantitative estimate of drug-likeness (QED) is 0.760. The summed E-state index contributed by atoms with van der Waals surface area (Å²) in [5, 5.41) is 10.2. The average Bonchev–Trinajstić information content (AvgIpc) is 2.48. The fourth-order valence-electron chi connectivity index (χ4n) is 1.97. The first-order valence-corrected chi connectivity index (χ1v) is 6.95. The predicted molar refractivity (Wildman–Crippen MR) is 85.7 cm³/mol. The lowest BCUT2D eigenvalue weighted by molar-refractivity contribution is 0.475. The molecular weight excluding hydrogens is 309 g/mol. The first-order chi connectivity index (χ1) is 10.0. The molecule has 0 saturated heterocycles. The zero-order valence-corrected chi connectivity index (χ0v) is 12.6. The van der Waals surface area contributed by atoms with Crippen LogP contribution in [0.1, 0.15) is 0 Å². The fourth-order valence-corrected chi connectivity index (χ4v) is 2.28. The minimum absolute atomic E-state index is 0.221. The molecule has 21 heavy (non-hydrogen) atoms. The van der Waals surface area contributed by atoms with Gasteiger partial charge in [0.2, 0.25) is 0 Å². The van der Waals surface area contributed by atoms with Crippen molar-refractivity contribution in [3.8, 4) is 5.75 Å². The molecule has 3 rings (SSSR count). The van der Waals surface area contributed by atoms with Gasteiger partial charge >= 0.3 is 0 Å². The highest BCUT2D eigenvalue weighted by atomic mass is 35.5. The van der Waals surface area contributed by atoms with E-state index in [1.54, 1.807) is 42.6 Å². The molecule has 0 atom stereocenters. The van der Waals surface area contributed by atoms with E-state index in [9.17, 15) is 5.11 Å². The van der Waals surface area contributed by atoms with Gasteiger partial charge in [-0.05, 0) is 36.4 Å². The number of benzene rings is 2. The van der Waals surface area contributed by atoms with Crippen molar-refractivity contribution in [1.29, 1.82) is 0 Å². The normalized spacial score (nSPS) is 10.8. The van der Waals surface area contributed by atoms with Gasteiger partial charge in [-0.25, -0.2) is 4.98 Å². The molecule has 0 amide bonds. The lowest BCUT2D eigenvalue weighted by Crippen LogP contribution is -2.11. The van der Waals surface area contributed by atoms with Gasteiger partial charge in [-0.2, -0.15) is 0 Å². The van der Waals surface area contributed by atoms with E-state index in [1.165, 1.54) is 0 Å². The lowest BCUT2D eigenvalue weighted by Gasteiger charge is -2.18. The van der Waals surface area contributed by atoms with E-state index in [4.69, 9.17) is 23.2 Å². The summed E-state index contributed by atoms with van der Waals surface area (Å²) >= 11 is 12.0. The van der Waals surface area contributed by atoms with E-state index in [0.29, 0.717) is 26.9 Å². The van der Waals surface area contributed by atoms with Gasteiger partial charge in [0.25, 0.3) is 0 Å². The van der Waals surface area contributed by atoms with Gasteiger partial charge in [0, 0.05) is 12.7 Å². The molecule has 0 unspecified atom stereocenters. The highest BCUT2D eigenvalue weighted by Crippen LogP contribution is 2.28. The molecule has 4 nitrogen and oxygen atoms in total. The molecule has 0 aliphatic carbocycles. The Morgan fingerprint density at radius 1 is 1.00 bits per heavy atom. The maximum absolute atomic E-state index is 9.33. The van der Waals surface area contributed by atoms with Gasteiger partial charge in [0.1, 0.15) is 5.75 Å². The van der Waals surface area contributed by atoms with Gasteiger partial charge in [-0.15, -0.1) is 0 Å². The summed E-state index contributed by atoms with van der Waals surface area (Å²) in [4.78, 5) is 10.8. The number of phenols is 1. The smallest absolute Gasteiger partial charge is 0.152 e. The Morgan fingerprint density at radius 2 is 1.62 bits per heavy atom. The Hall–Kier alpha value is -2.04. The van der Waals surface area contributed by atoms with Crippen LogP contribution in [0.4, 0.5) is 11.5 Å². The van der Waals surface area contributed by atoms with Gasteiger partial charge in [0.15, 0.2) is 5.82 Å². The highest BCUT2D eigenvalue weighted by molar-refractivity contribution is 6.42. The van der Waals surface area contributed by atoms with Crippen molar-refractivity contribution < 1.29 is 5.11 Å². The number of hydrogen-bond donors (Lipinski definition) is 1. The molecule has 0 radical (unpaired) electrons. The number of aromatic hydroxyl groups is 1. The van der Waals surface area contributed by atoms with Crippen LogP contribution in [0.3, 0.4) is 0 Å². The molecule has 3 aromatic rings. The van der Waals surface area contributed by atoms with Crippen LogP contribution in [0.15, 0.2) is 42.6 Å². The van der Waals surface area contributed by atoms with Gasteiger partial charge < -0.3 is 10.0 Å². The van der Waals surface area contributed by atoms with Crippen LogP contribution in [0.25, 0.3) is 11.0 Å². The maximum atomic E-state index is 9.33. The Bertz CT molecular complexity index is 806. The number of rotatable bonds is 2. The second-order valence-electron chi connectivity index (χ2n) is 4.56. The Balaban J connectivity index is 2.04. The lowest BCUT2D eigenvalue weighted by atomic mass is 10.2. The zero-order valence-electron chi connectivity index (χ0n) is 11.1. The highest BCUT2D eigenvalue weighted by Gasteiger charge is 2.09. The van der Waals surface area contributed by atoms with Crippen molar-refractivity contribution in [1.82, 2.24) is 9.97 Å². The van der Waals surface area contributed by atoms with E-state index in [0.717, 1.165) is 5.69 Å². The van der Waals surface area contributed by atoms with Crippen LogP contribution < -0.4 is 4.90 Å². The Morgan fingerprint density at radius 3 is 2.29 bits per heavy atom. The third kappa shape index (κ3) is 2.73. The second kappa shape index (κ2) is 5.39. The minimum atomic E-state index is 0.221. The van der Waals surface area contributed by atoms with E-state index in [1.807, 2.05) is 11.9 Å². The van der Waals surface area contributed by atoms with Crippen molar-refractivity contribution in [3.05, 3.63) is 52.6 Å². The largest absolute Gasteiger partial charge is 0.508 e. The molecule has 6 heteroatoms. The van der Waals surface area contributed by atoms with E-state index in [-0.39, 0.29) is 5.75 Å². The van der Waals surface area contributed by atoms with Crippen LogP contribution >= 0.6 is 23.2 Å². The number of nitrogens with zero attached hydrogens (tertiary/aromatic N) is 3. The number of hydrogen-bond acceptors (Lipinski definition) is 4. The first kappa shape index (κ1) is 13.9. The minimum Gasteiger partial charge on any atom is -0.508 e. The summed E-state index contributed by atoms with van der Waals surface area (Å²) in [5.41, 5.74) is 2.25. The van der Waals surface area contributed by atoms with Crippen LogP contribution in [0.2, 0.25) is 10.0 Å². The van der Waals surface area contributed by atoms with Crippen molar-refractivity contribution >= 4 is 45.7 Å². The van der Waals surface area contributed by atoms with Gasteiger partial charge in [0.05, 0.1) is 27.3 Å². The molecule has 106 valence electrons. The van der Waals surface area contributed by atoms with Crippen molar-refractivity contribution in [2.75, 3.05) is 11.9 Å². The standard InChI is InChI=1S/C15H11Cl2N3O/c1-20(9-2-4-10(21)5-3-9)15-8-18-13-6-11(16)12(17)7-14(13)19-15/h2-8,21H,1H3. The fraction of sp³-hybridized carbons (Fsp3) is 0.0667. The summed E-state index contributed by atoms with van der Waals surface area (Å²) in [6.45, 7) is 0. The SMILES string of the molecule is CN(c1ccc(O)cc1)c1cnc2cc(Cl)c(Cl)cc2n1. The topological polar surface area (TPSA) is 49.2 Å². The average molecular weight is 320 g/mol. The number of halogens is 2. The number of fused-ring (bicyclic) bond motifs is 1. The molecule has 1 heterocycles. The third-order valence-corrected chi connectivity index (χ3v) is 3.87. The molecule has 0 aliphatic rings. The maximum Gasteiger partial charge on any atom is 0.152 e. The predicted octanol–water partition coefficient (Wildman–Crippen LogP) is 4.41. The van der Waals surface area contributed by atoms with E-state index >= 15 is 0 Å². The van der Waals surface area contributed by atoms with Crippen molar-refractivity contribution in [2.45, 2.75) is 0 Å². The van der Waals surface area contributed by atoms with Crippen LogP contribution in [0.5, 0.6) is 5.75 Å². The van der Waals surface area contributed by atoms with Gasteiger partial charge in [-0.1, -0.05) is 23.2 Å². The first-order valence-electron chi connectivity index (χ1n) is 6.19. The van der Waals surface area contributed by atoms with Crippen LogP contribution in [0, 0.1) is 0 Å². The molecule has 0 aliphatic heterocycles. The molecule has 1 N–H and O–H groups in total. The molecule has 0 fully saturated rings. The molecular formula is C15H11Cl2N3O. The van der Waals surface area contributed by atoms with Crippen LogP contribution in [-0.2, 0) is 0 Å². The number of anilines is 2. The van der Waals surface area contributed by atoms with Crippen molar-refractivity contribution in [2.24, 2.45) is 0 Å². The molecule has 0 bridgehead atoms. The molecule has 1 aromatic heterocycles. The molecule has 0 spiro atoms. The number of aromatic nitrogens is 2. The van der Waals surface area contributed by atoms with Crippen LogP contribution in [-0.4, -0.2) is 22.1 Å². The van der Waals surface area contributed by atoms with Gasteiger partial charge in [-0.3, -0.25) is 4.98 Å². The summed E-state index contributed by atoms with van der Waals surface area (Å²) in [6.07, 6.45) is 1.67. The Kier molecular flexibility index (Phi) is 3.57. The molecule has 2 aromatic carbocycles. The zero-order chi connectivity index (χ0) is 15.0. The van der Waals surface area contributed by atoms with E-state index < -0.39 is 0 Å². The second-order valence-corrected chi connectivity index (χ2v) is 5.37. The third-order valence-electron chi connectivity index (χ3n) is 3.15. The summed E-state index contributed by atoms with van der Waals surface area (Å²) in [6, 6.07) is 10.2. The van der Waals surface area contributed by atoms with Crippen molar-refractivity contribution in [3.63, 3.8) is 0 Å².